The number of nitrogens with zero attached hydrogens (tertiary/aromatic N) is 3. The Morgan fingerprint density at radius 2 is 1.44 bits per heavy atom. The molecule has 0 saturated carbocycles. The van der Waals surface area contributed by atoms with E-state index in [-0.39, 0.29) is 136 Å². The molecule has 10 fully saturated rings. The molecule has 0 aromatic rings. The number of hydrogen-bond acceptors (Lipinski definition) is 17. The van der Waals surface area contributed by atoms with Crippen LogP contribution in [0.15, 0.2) is 29.4 Å². The first-order valence-electron chi connectivity index (χ1n) is 26.7. The first kappa shape index (κ1) is 53.4. The molecule has 19 heteroatoms. The fraction of sp³-hybridized carbons (Fsp3) is 0.885. The molecule has 398 valence electrons. The van der Waals surface area contributed by atoms with E-state index in [1.165, 1.54) is 0 Å². The molecule has 71 heavy (non-hydrogen) atoms. The van der Waals surface area contributed by atoms with Crippen molar-refractivity contribution in [3.63, 3.8) is 0 Å². The summed E-state index contributed by atoms with van der Waals surface area (Å²) in [6.45, 7) is 14.4. The minimum atomic E-state index is -0.826. The van der Waals surface area contributed by atoms with Crippen LogP contribution in [0.25, 0.3) is 10.4 Å². The smallest absolute Gasteiger partial charge is 0.172 e. The van der Waals surface area contributed by atoms with Crippen LogP contribution < -0.4 is 0 Å². The third-order valence-electron chi connectivity index (χ3n) is 16.5. The van der Waals surface area contributed by atoms with Gasteiger partial charge in [-0.2, -0.15) is 0 Å². The zero-order chi connectivity index (χ0) is 49.5. The van der Waals surface area contributed by atoms with Crippen LogP contribution in [0.2, 0.25) is 0 Å². The van der Waals surface area contributed by atoms with Crippen molar-refractivity contribution in [1.29, 1.82) is 0 Å². The van der Waals surface area contributed by atoms with Gasteiger partial charge in [-0.1, -0.05) is 25.2 Å². The van der Waals surface area contributed by atoms with Crippen molar-refractivity contribution in [3.05, 3.63) is 34.7 Å². The van der Waals surface area contributed by atoms with Crippen molar-refractivity contribution in [2.24, 2.45) is 17.0 Å². The summed E-state index contributed by atoms with van der Waals surface area (Å²) in [7, 11) is 1.64. The number of aliphatic hydroxyl groups excluding tert-OH is 1. The Morgan fingerprint density at radius 3 is 2.21 bits per heavy atom. The molecule has 0 radical (unpaired) electrons. The molecule has 12 bridgehead atoms. The minimum absolute atomic E-state index is 0.00372. The van der Waals surface area contributed by atoms with Crippen LogP contribution in [0.1, 0.15) is 110 Å². The Kier molecular flexibility index (Phi) is 18.8. The van der Waals surface area contributed by atoms with Gasteiger partial charge in [0.15, 0.2) is 5.79 Å². The number of methoxy groups -OCH3 is 1. The van der Waals surface area contributed by atoms with Crippen molar-refractivity contribution < 1.29 is 76.3 Å². The number of fused-ring (bicyclic) bond motifs is 6. The van der Waals surface area contributed by atoms with Crippen molar-refractivity contribution in [2.45, 2.75) is 213 Å². The number of ether oxygens (including phenoxy) is 13. The van der Waals surface area contributed by atoms with E-state index in [2.05, 4.69) is 30.1 Å². The molecule has 0 unspecified atom stereocenters. The lowest BCUT2D eigenvalue weighted by molar-refractivity contribution is -0.292. The minimum Gasteiger partial charge on any atom is -0.393 e. The van der Waals surface area contributed by atoms with Crippen molar-refractivity contribution in [2.75, 3.05) is 66.5 Å². The van der Waals surface area contributed by atoms with E-state index in [0.717, 1.165) is 49.7 Å². The lowest BCUT2D eigenvalue weighted by Crippen LogP contribution is -2.61. The molecule has 19 nitrogen and oxygen atoms in total. The van der Waals surface area contributed by atoms with Crippen molar-refractivity contribution in [3.8, 4) is 0 Å². The van der Waals surface area contributed by atoms with Gasteiger partial charge in [0.05, 0.1) is 120 Å². The lowest BCUT2D eigenvalue weighted by atomic mass is 9.81. The summed E-state index contributed by atoms with van der Waals surface area (Å²) in [6, 6.07) is 0. The Balaban J connectivity index is 0.796. The highest BCUT2D eigenvalue weighted by molar-refractivity contribution is 5.79. The second-order valence-electron chi connectivity index (χ2n) is 21.4. The van der Waals surface area contributed by atoms with Gasteiger partial charge in [-0.25, -0.2) is 0 Å². The van der Waals surface area contributed by atoms with Gasteiger partial charge < -0.3 is 66.7 Å². The molecule has 10 heterocycles. The summed E-state index contributed by atoms with van der Waals surface area (Å²) in [6.07, 6.45) is 4.06. The van der Waals surface area contributed by atoms with Gasteiger partial charge in [0.1, 0.15) is 42.1 Å². The van der Waals surface area contributed by atoms with E-state index in [0.29, 0.717) is 78.5 Å². The van der Waals surface area contributed by atoms with Gasteiger partial charge in [-0.05, 0) is 74.0 Å². The van der Waals surface area contributed by atoms with Gasteiger partial charge in [0, 0.05) is 75.9 Å². The van der Waals surface area contributed by atoms with Crippen LogP contribution in [0.4, 0.5) is 0 Å². The van der Waals surface area contributed by atoms with Gasteiger partial charge in [-0.15, -0.1) is 0 Å². The second kappa shape index (κ2) is 24.9. The number of ketones is 2. The molecule has 10 rings (SSSR count). The average Bonchev–Trinajstić information content (AvgIpc) is 4.03. The number of rotatable bonds is 21. The Hall–Kier alpha value is -2.43. The topological polar surface area (TPSA) is 223 Å². The van der Waals surface area contributed by atoms with Crippen LogP contribution >= 0.6 is 0 Å². The van der Waals surface area contributed by atoms with Crippen LogP contribution in [0.3, 0.4) is 0 Å². The molecule has 1 N–H and O–H groups in total. The van der Waals surface area contributed by atoms with Crippen molar-refractivity contribution in [1.82, 2.24) is 0 Å². The largest absolute Gasteiger partial charge is 0.393 e. The van der Waals surface area contributed by atoms with Crippen LogP contribution in [0.5, 0.6) is 0 Å². The highest BCUT2D eigenvalue weighted by Gasteiger charge is 2.69. The molecule has 10 aliphatic heterocycles. The molecule has 10 aliphatic rings. The fourth-order valence-electron chi connectivity index (χ4n) is 12.9. The molecule has 19 atom stereocenters. The second-order valence-corrected chi connectivity index (χ2v) is 21.4. The summed E-state index contributed by atoms with van der Waals surface area (Å²) < 4.78 is 82.5. The summed E-state index contributed by atoms with van der Waals surface area (Å²) >= 11 is 0. The Labute approximate surface area is 418 Å². The zero-order valence-electron chi connectivity index (χ0n) is 41.9. The Bertz CT molecular complexity index is 1870. The maximum absolute atomic E-state index is 14.4. The normalized spacial score (nSPS) is 41.3. The maximum atomic E-state index is 14.4. The molecule has 0 aliphatic carbocycles. The zero-order valence-corrected chi connectivity index (χ0v) is 41.9. The summed E-state index contributed by atoms with van der Waals surface area (Å²) in [5.41, 5.74) is 10.4. The summed E-state index contributed by atoms with van der Waals surface area (Å²) in [5.74, 6) is -0.848. The maximum Gasteiger partial charge on any atom is 0.172 e. The number of hydrogen-bond donors (Lipinski definition) is 1. The predicted molar refractivity (Wildman–Crippen MR) is 253 cm³/mol. The third kappa shape index (κ3) is 13.2. The molecular formula is C52H79N3O16. The van der Waals surface area contributed by atoms with E-state index < -0.39 is 36.3 Å². The quantitative estimate of drug-likeness (QED) is 0.0486. The summed E-state index contributed by atoms with van der Waals surface area (Å²) in [4.78, 5) is 29.9. The number of carbonyl (C=O) groups is 2. The SMILES string of the molecule is C=C1C[C@@H]2CC[C@@]34C[C@H]5O[C@H]6[C@@H](O3)[C@H]3O[C@H](CC[C@@H]3O[C@H]6[C@H]5O4)CC(=O)C[C@@H]3[C@@H](OC)[C@@H](C[C@H](O)CCC(=O)CCOCCOCCOCCOCCN=[N+]=[N-])O[C@H]3C[C@H]3O[C@@H](CC[C@@H]1O2)C[C@@H](C)C3=C. The van der Waals surface area contributed by atoms with E-state index in [1.54, 1.807) is 7.11 Å². The molecule has 0 aromatic carbocycles. The monoisotopic (exact) mass is 1000 g/mol. The first-order chi connectivity index (χ1) is 34.5. The van der Waals surface area contributed by atoms with Gasteiger partial charge in [-0.3, -0.25) is 9.59 Å². The number of carbonyl (C=O) groups excluding carboxylic acids is 2. The Morgan fingerprint density at radius 1 is 0.746 bits per heavy atom. The third-order valence-corrected chi connectivity index (χ3v) is 16.5. The average molecular weight is 1000 g/mol. The van der Waals surface area contributed by atoms with E-state index in [1.807, 2.05) is 0 Å². The highest BCUT2D eigenvalue weighted by Crippen LogP contribution is 2.54. The predicted octanol–water partition coefficient (Wildman–Crippen LogP) is 5.60. The highest BCUT2D eigenvalue weighted by atomic mass is 16.8. The molecule has 10 saturated heterocycles. The van der Waals surface area contributed by atoms with Gasteiger partial charge in [0.25, 0.3) is 0 Å². The summed E-state index contributed by atoms with van der Waals surface area (Å²) in [5, 5.41) is 14.8. The fourth-order valence-corrected chi connectivity index (χ4v) is 12.9. The van der Waals surface area contributed by atoms with E-state index in [4.69, 9.17) is 67.1 Å². The van der Waals surface area contributed by atoms with Gasteiger partial charge >= 0.3 is 0 Å². The van der Waals surface area contributed by atoms with Gasteiger partial charge in [0.2, 0.25) is 0 Å². The number of azide groups is 1. The van der Waals surface area contributed by atoms with E-state index >= 15 is 0 Å². The first-order valence-corrected chi connectivity index (χ1v) is 26.7. The molecule has 0 amide bonds. The van der Waals surface area contributed by atoms with Crippen molar-refractivity contribution >= 4 is 11.6 Å². The molecule has 1 spiro atoms. The van der Waals surface area contributed by atoms with Crippen LogP contribution in [-0.4, -0.2) is 187 Å². The number of aliphatic hydroxyl groups is 1. The standard InChI is InChI=1S/C52H79N3O16/c1-30-23-36-7-9-40-31(2)24-38(64-40)11-13-52-29-45-48(70-52)49-50(69-45)51(71-52)47-41(68-49)10-8-37(66-47)25-35(58)26-39-43(28-42(65-36)32(30)3)67-44(46(39)59-4)27-34(57)6-5-33(56)12-15-60-17-19-62-21-22-63-20-18-61-16-14-54-55-53/h30,34,36-51,57H,2-3,5-29H2,1,4H3/t30-,34-,36+,37-,38+,39+,40+,41+,42-,43+,44-,45-,46-,47+,48+,49+,50-,51+,52+/m1/s1. The molecule has 0 aromatic heterocycles. The lowest BCUT2D eigenvalue weighted by Gasteiger charge is -2.47. The number of Topliss-reactive ketones (excluding diaryl/α,β-unsaturated/α-hetero) is 2. The van der Waals surface area contributed by atoms with Crippen LogP contribution in [-0.2, 0) is 71.2 Å². The van der Waals surface area contributed by atoms with Crippen LogP contribution in [0, 0.1) is 11.8 Å². The molecular weight excluding hydrogens is 923 g/mol. The van der Waals surface area contributed by atoms with E-state index in [9.17, 15) is 14.7 Å².